The number of amides is 2. The van der Waals surface area contributed by atoms with E-state index >= 15 is 0 Å². The first-order chi connectivity index (χ1) is 13.4. The largest absolute Gasteiger partial charge is 0.493 e. The van der Waals surface area contributed by atoms with Gasteiger partial charge in [0.1, 0.15) is 5.75 Å². The number of carbonyl (C=O) groups excluding carboxylic acids is 1. The number of hydrogen-bond donors (Lipinski definition) is 2. The number of urea groups is 1. The quantitative estimate of drug-likeness (QED) is 0.677. The second kappa shape index (κ2) is 10.3. The standard InChI is InChI=1S/C20H24F2N2O4/c1-13(15-5-7-16(8-6-15)28-19(21)22)24-20(25)23-11-10-14-4-9-17(26-2)18(12-14)27-3/h4-9,12-13,19H,10-11H2,1-3H3,(H2,23,24,25). The maximum absolute atomic E-state index is 12.2. The molecule has 0 saturated heterocycles. The Morgan fingerprint density at radius 2 is 1.71 bits per heavy atom. The highest BCUT2D eigenvalue weighted by atomic mass is 19.3. The summed E-state index contributed by atoms with van der Waals surface area (Å²) < 4.78 is 39.1. The van der Waals surface area contributed by atoms with E-state index in [-0.39, 0.29) is 17.8 Å². The highest BCUT2D eigenvalue weighted by molar-refractivity contribution is 5.74. The van der Waals surface area contributed by atoms with Crippen molar-refractivity contribution in [1.29, 1.82) is 0 Å². The molecular weight excluding hydrogens is 370 g/mol. The first-order valence-corrected chi connectivity index (χ1v) is 8.73. The van der Waals surface area contributed by atoms with Gasteiger partial charge in [-0.2, -0.15) is 8.78 Å². The van der Waals surface area contributed by atoms with Gasteiger partial charge in [-0.1, -0.05) is 18.2 Å². The van der Waals surface area contributed by atoms with Gasteiger partial charge >= 0.3 is 12.6 Å². The highest BCUT2D eigenvalue weighted by Crippen LogP contribution is 2.27. The van der Waals surface area contributed by atoms with Gasteiger partial charge in [0.2, 0.25) is 0 Å². The van der Waals surface area contributed by atoms with Gasteiger partial charge < -0.3 is 24.8 Å². The molecule has 0 heterocycles. The molecule has 152 valence electrons. The minimum absolute atomic E-state index is 0.0744. The van der Waals surface area contributed by atoms with Gasteiger partial charge in [0, 0.05) is 6.54 Å². The SMILES string of the molecule is COc1ccc(CCNC(=O)NC(C)c2ccc(OC(F)F)cc2)cc1OC. The lowest BCUT2D eigenvalue weighted by Gasteiger charge is -2.16. The third-order valence-electron chi connectivity index (χ3n) is 4.10. The van der Waals surface area contributed by atoms with E-state index < -0.39 is 6.61 Å². The fraction of sp³-hybridized carbons (Fsp3) is 0.350. The number of ether oxygens (including phenoxy) is 3. The van der Waals surface area contributed by atoms with E-state index in [2.05, 4.69) is 15.4 Å². The lowest BCUT2D eigenvalue weighted by atomic mass is 10.1. The van der Waals surface area contributed by atoms with E-state index in [1.54, 1.807) is 33.3 Å². The number of rotatable bonds is 9. The summed E-state index contributed by atoms with van der Waals surface area (Å²) >= 11 is 0. The monoisotopic (exact) mass is 394 g/mol. The van der Waals surface area contributed by atoms with E-state index in [0.29, 0.717) is 24.5 Å². The summed E-state index contributed by atoms with van der Waals surface area (Å²) in [6.45, 7) is -0.621. The van der Waals surface area contributed by atoms with Gasteiger partial charge in [-0.25, -0.2) is 4.79 Å². The molecule has 0 aliphatic carbocycles. The lowest BCUT2D eigenvalue weighted by Crippen LogP contribution is -2.38. The Balaban J connectivity index is 1.80. The highest BCUT2D eigenvalue weighted by Gasteiger charge is 2.11. The summed E-state index contributed by atoms with van der Waals surface area (Å²) in [7, 11) is 3.14. The zero-order valence-corrected chi connectivity index (χ0v) is 16.0. The molecule has 2 amide bonds. The summed E-state index contributed by atoms with van der Waals surface area (Å²) in [6.07, 6.45) is 0.627. The molecule has 0 spiro atoms. The molecule has 2 rings (SSSR count). The molecule has 0 aliphatic heterocycles. The Hall–Kier alpha value is -3.03. The number of hydrogen-bond acceptors (Lipinski definition) is 4. The Bertz CT molecular complexity index is 769. The van der Waals surface area contributed by atoms with Crippen molar-refractivity contribution < 1.29 is 27.8 Å². The van der Waals surface area contributed by atoms with E-state index in [4.69, 9.17) is 9.47 Å². The lowest BCUT2D eigenvalue weighted by molar-refractivity contribution is -0.0498. The number of nitrogens with one attached hydrogen (secondary N) is 2. The Kier molecular flexibility index (Phi) is 7.86. The molecule has 6 nitrogen and oxygen atoms in total. The first-order valence-electron chi connectivity index (χ1n) is 8.73. The summed E-state index contributed by atoms with van der Waals surface area (Å²) in [5.41, 5.74) is 1.78. The molecule has 0 bridgehead atoms. The zero-order valence-electron chi connectivity index (χ0n) is 16.0. The third kappa shape index (κ3) is 6.29. The van der Waals surface area contributed by atoms with Crippen LogP contribution in [0, 0.1) is 0 Å². The molecule has 0 aliphatic rings. The molecule has 2 aromatic rings. The molecule has 1 unspecified atom stereocenters. The Morgan fingerprint density at radius 3 is 2.32 bits per heavy atom. The van der Waals surface area contributed by atoms with Crippen molar-refractivity contribution in [3.05, 3.63) is 53.6 Å². The van der Waals surface area contributed by atoms with Crippen LogP contribution < -0.4 is 24.8 Å². The van der Waals surface area contributed by atoms with Crippen molar-refractivity contribution in [2.45, 2.75) is 26.0 Å². The van der Waals surface area contributed by atoms with Crippen LogP contribution in [0.4, 0.5) is 13.6 Å². The predicted molar refractivity (Wildman–Crippen MR) is 101 cm³/mol. The molecule has 0 fully saturated rings. The normalized spacial score (nSPS) is 11.6. The van der Waals surface area contributed by atoms with Crippen LogP contribution in [0.3, 0.4) is 0 Å². The van der Waals surface area contributed by atoms with Crippen LogP contribution in [0.25, 0.3) is 0 Å². The maximum Gasteiger partial charge on any atom is 0.387 e. The number of alkyl halides is 2. The van der Waals surface area contributed by atoms with Crippen LogP contribution in [0.2, 0.25) is 0 Å². The van der Waals surface area contributed by atoms with Gasteiger partial charge in [0.15, 0.2) is 11.5 Å². The zero-order chi connectivity index (χ0) is 20.5. The van der Waals surface area contributed by atoms with Crippen molar-refractivity contribution in [1.82, 2.24) is 10.6 Å². The number of methoxy groups -OCH3 is 2. The molecule has 2 N–H and O–H groups in total. The summed E-state index contributed by atoms with van der Waals surface area (Å²) in [5.74, 6) is 1.36. The molecule has 2 aromatic carbocycles. The minimum Gasteiger partial charge on any atom is -0.493 e. The van der Waals surface area contributed by atoms with Crippen molar-refractivity contribution in [2.75, 3.05) is 20.8 Å². The average Bonchev–Trinajstić information content (AvgIpc) is 2.67. The summed E-state index contributed by atoms with van der Waals surface area (Å²) in [4.78, 5) is 12.1. The van der Waals surface area contributed by atoms with E-state index in [9.17, 15) is 13.6 Å². The smallest absolute Gasteiger partial charge is 0.387 e. The Morgan fingerprint density at radius 1 is 1.04 bits per heavy atom. The van der Waals surface area contributed by atoms with Crippen molar-refractivity contribution in [2.24, 2.45) is 0 Å². The molecule has 8 heteroatoms. The minimum atomic E-state index is -2.86. The second-order valence-corrected chi connectivity index (χ2v) is 6.01. The van der Waals surface area contributed by atoms with Crippen LogP contribution in [-0.4, -0.2) is 33.4 Å². The fourth-order valence-corrected chi connectivity index (χ4v) is 2.63. The van der Waals surface area contributed by atoms with Crippen molar-refractivity contribution >= 4 is 6.03 Å². The number of halogens is 2. The molecule has 1 atom stereocenters. The maximum atomic E-state index is 12.2. The fourth-order valence-electron chi connectivity index (χ4n) is 2.63. The first kappa shape index (κ1) is 21.3. The van der Waals surface area contributed by atoms with Crippen molar-refractivity contribution in [3.8, 4) is 17.2 Å². The van der Waals surface area contributed by atoms with Crippen LogP contribution in [-0.2, 0) is 6.42 Å². The summed E-state index contributed by atoms with van der Waals surface area (Å²) in [6, 6.07) is 11.1. The van der Waals surface area contributed by atoms with E-state index in [0.717, 1.165) is 11.1 Å². The second-order valence-electron chi connectivity index (χ2n) is 6.01. The van der Waals surface area contributed by atoms with Gasteiger partial charge in [-0.05, 0) is 48.7 Å². The van der Waals surface area contributed by atoms with Crippen LogP contribution >= 0.6 is 0 Å². The topological polar surface area (TPSA) is 68.8 Å². The van der Waals surface area contributed by atoms with E-state index in [1.165, 1.54) is 12.1 Å². The van der Waals surface area contributed by atoms with Gasteiger partial charge in [-0.15, -0.1) is 0 Å². The van der Waals surface area contributed by atoms with Gasteiger partial charge in [-0.3, -0.25) is 0 Å². The van der Waals surface area contributed by atoms with Gasteiger partial charge in [0.05, 0.1) is 20.3 Å². The van der Waals surface area contributed by atoms with E-state index in [1.807, 2.05) is 18.2 Å². The third-order valence-corrected chi connectivity index (χ3v) is 4.10. The van der Waals surface area contributed by atoms with Crippen LogP contribution in [0.1, 0.15) is 24.1 Å². The predicted octanol–water partition coefficient (Wildman–Crippen LogP) is 3.91. The van der Waals surface area contributed by atoms with Crippen LogP contribution in [0.5, 0.6) is 17.2 Å². The molecule has 28 heavy (non-hydrogen) atoms. The van der Waals surface area contributed by atoms with Crippen molar-refractivity contribution in [3.63, 3.8) is 0 Å². The number of benzene rings is 2. The molecule has 0 radical (unpaired) electrons. The summed E-state index contributed by atoms with van der Waals surface area (Å²) in [5, 5.41) is 5.59. The molecular formula is C20H24F2N2O4. The molecule has 0 saturated carbocycles. The molecule has 0 aromatic heterocycles. The number of carbonyl (C=O) groups is 1. The van der Waals surface area contributed by atoms with Gasteiger partial charge in [0.25, 0.3) is 0 Å². The van der Waals surface area contributed by atoms with Crippen LogP contribution in [0.15, 0.2) is 42.5 Å². The Labute approximate surface area is 162 Å². The average molecular weight is 394 g/mol.